The van der Waals surface area contributed by atoms with Gasteiger partial charge in [0.2, 0.25) is 0 Å². The summed E-state index contributed by atoms with van der Waals surface area (Å²) in [6.07, 6.45) is 17.6. The molecule has 6 nitrogen and oxygen atoms in total. The van der Waals surface area contributed by atoms with Crippen molar-refractivity contribution in [2.45, 2.75) is 96.5 Å². The zero-order valence-electron chi connectivity index (χ0n) is 20.4. The standard InChI is InChI=1S/C26H43NO5S/c1-2-3-4-5-6-7-8-9-10-11-12-15-20-31-23-26(32-33(28,29)30)22-27-19-18-24-16-13-14-17-25(24)21-27/h13-14,16-17,21,26H,2-12,15,18-20,22-23H2,1H3/p+1. The molecular weight excluding hydrogens is 438 g/mol. The molecule has 1 aliphatic rings. The summed E-state index contributed by atoms with van der Waals surface area (Å²) in [7, 11) is -4.52. The van der Waals surface area contributed by atoms with Crippen LogP contribution in [0.4, 0.5) is 0 Å². The van der Waals surface area contributed by atoms with Gasteiger partial charge >= 0.3 is 10.4 Å². The molecule has 1 unspecified atom stereocenters. The third-order valence-corrected chi connectivity index (χ3v) is 6.70. The first-order valence-corrected chi connectivity index (χ1v) is 14.2. The first-order valence-electron chi connectivity index (χ1n) is 12.9. The molecule has 1 N–H and O–H groups in total. The van der Waals surface area contributed by atoms with Crippen molar-refractivity contribution in [1.29, 1.82) is 0 Å². The van der Waals surface area contributed by atoms with Gasteiger partial charge in [-0.05, 0) is 18.1 Å². The van der Waals surface area contributed by atoms with Gasteiger partial charge in [-0.15, -0.1) is 0 Å². The predicted octanol–water partition coefficient (Wildman–Crippen LogP) is 5.58. The molecule has 0 saturated carbocycles. The fourth-order valence-corrected chi connectivity index (χ4v) is 4.82. The van der Waals surface area contributed by atoms with Crippen LogP contribution in [0.25, 0.3) is 0 Å². The minimum absolute atomic E-state index is 0.143. The Hall–Kier alpha value is -1.28. The van der Waals surface area contributed by atoms with Crippen LogP contribution in [0.3, 0.4) is 0 Å². The van der Waals surface area contributed by atoms with Gasteiger partial charge in [0.05, 0.1) is 6.61 Å². The van der Waals surface area contributed by atoms with E-state index in [0.717, 1.165) is 31.4 Å². The molecule has 0 fully saturated rings. The summed E-state index contributed by atoms with van der Waals surface area (Å²) in [5.41, 5.74) is 2.41. The highest BCUT2D eigenvalue weighted by atomic mass is 32.3. The highest BCUT2D eigenvalue weighted by Crippen LogP contribution is 2.13. The average Bonchev–Trinajstić information content (AvgIpc) is 2.78. The lowest BCUT2D eigenvalue weighted by Crippen LogP contribution is -2.36. The van der Waals surface area contributed by atoms with Crippen molar-refractivity contribution in [2.24, 2.45) is 0 Å². The van der Waals surface area contributed by atoms with Crippen LogP contribution in [-0.4, -0.2) is 56.2 Å². The quantitative estimate of drug-likeness (QED) is 0.158. The highest BCUT2D eigenvalue weighted by molar-refractivity contribution is 7.80. The van der Waals surface area contributed by atoms with Gasteiger partial charge in [-0.2, -0.15) is 8.42 Å². The van der Waals surface area contributed by atoms with Gasteiger partial charge in [0.25, 0.3) is 0 Å². The fourth-order valence-electron chi connectivity index (χ4n) is 4.36. The molecule has 0 amide bonds. The fraction of sp³-hybridized carbons (Fsp3) is 0.731. The third kappa shape index (κ3) is 13.3. The minimum Gasteiger partial charge on any atom is -0.378 e. The molecule has 0 aromatic heterocycles. The number of unbranched alkanes of at least 4 members (excludes halogenated alkanes) is 11. The molecule has 1 atom stereocenters. The summed E-state index contributed by atoms with van der Waals surface area (Å²) >= 11 is 0. The molecule has 0 spiro atoms. The largest absolute Gasteiger partial charge is 0.397 e. The first-order chi connectivity index (χ1) is 16.0. The van der Waals surface area contributed by atoms with Crippen LogP contribution in [0.2, 0.25) is 0 Å². The summed E-state index contributed by atoms with van der Waals surface area (Å²) in [5, 5.41) is 0. The number of benzene rings is 1. The van der Waals surface area contributed by atoms with Gasteiger partial charge in [0.15, 0.2) is 18.9 Å². The normalized spacial score (nSPS) is 14.7. The third-order valence-electron chi connectivity index (χ3n) is 6.19. The van der Waals surface area contributed by atoms with Crippen molar-refractivity contribution in [1.82, 2.24) is 0 Å². The van der Waals surface area contributed by atoms with Crippen molar-refractivity contribution in [3.8, 4) is 0 Å². The Labute approximate surface area is 201 Å². The number of fused-ring (bicyclic) bond motifs is 1. The van der Waals surface area contributed by atoms with Crippen molar-refractivity contribution in [3.63, 3.8) is 0 Å². The van der Waals surface area contributed by atoms with E-state index in [2.05, 4.69) is 13.0 Å². The number of rotatable bonds is 19. The van der Waals surface area contributed by atoms with Crippen LogP contribution in [0.15, 0.2) is 24.3 Å². The Morgan fingerprint density at radius 1 is 0.939 bits per heavy atom. The lowest BCUT2D eigenvalue weighted by molar-refractivity contribution is -0.532. The van der Waals surface area contributed by atoms with E-state index in [1.165, 1.54) is 69.8 Å². The van der Waals surface area contributed by atoms with Crippen LogP contribution < -0.4 is 0 Å². The average molecular weight is 483 g/mol. The Kier molecular flexibility index (Phi) is 13.9. The maximum Gasteiger partial charge on any atom is 0.397 e. The molecule has 188 valence electrons. The number of hydrogen-bond donors (Lipinski definition) is 1. The van der Waals surface area contributed by atoms with E-state index in [4.69, 9.17) is 13.5 Å². The van der Waals surface area contributed by atoms with Gasteiger partial charge in [0, 0.05) is 18.6 Å². The maximum atomic E-state index is 11.3. The Morgan fingerprint density at radius 2 is 1.55 bits per heavy atom. The molecular formula is C26H44NO5S+. The van der Waals surface area contributed by atoms with Crippen LogP contribution in [0.1, 0.15) is 95.1 Å². The van der Waals surface area contributed by atoms with E-state index in [1.807, 2.05) is 29.0 Å². The topological polar surface area (TPSA) is 75.8 Å². The molecule has 0 radical (unpaired) electrons. The molecule has 1 aromatic carbocycles. The molecule has 1 heterocycles. The van der Waals surface area contributed by atoms with E-state index < -0.39 is 16.5 Å². The molecule has 1 aromatic rings. The lowest BCUT2D eigenvalue weighted by atomic mass is 10.0. The zero-order valence-corrected chi connectivity index (χ0v) is 21.2. The van der Waals surface area contributed by atoms with Gasteiger partial charge in [0.1, 0.15) is 6.54 Å². The SMILES string of the molecule is CCCCCCCCCCCCCCOCC(C[N+]1=Cc2ccccc2CC1)OS(=O)(=O)O. The van der Waals surface area contributed by atoms with E-state index in [1.54, 1.807) is 0 Å². The second-order valence-corrected chi connectivity index (χ2v) is 10.2. The minimum atomic E-state index is -4.52. The van der Waals surface area contributed by atoms with Gasteiger partial charge in [-0.3, -0.25) is 4.55 Å². The summed E-state index contributed by atoms with van der Waals surface area (Å²) in [6.45, 7) is 4.11. The number of nitrogens with zero attached hydrogens (tertiary/aromatic N) is 1. The van der Waals surface area contributed by atoms with E-state index in [9.17, 15) is 8.42 Å². The summed E-state index contributed by atoms with van der Waals surface area (Å²) in [4.78, 5) is 0. The highest BCUT2D eigenvalue weighted by Gasteiger charge is 2.25. The van der Waals surface area contributed by atoms with Crippen molar-refractivity contribution in [2.75, 3.05) is 26.3 Å². The second kappa shape index (κ2) is 16.4. The van der Waals surface area contributed by atoms with Gasteiger partial charge < -0.3 is 4.74 Å². The first kappa shape index (κ1) is 28.0. The molecule has 0 bridgehead atoms. The van der Waals surface area contributed by atoms with Crippen molar-refractivity contribution < 1.29 is 26.5 Å². The van der Waals surface area contributed by atoms with Crippen LogP contribution >= 0.6 is 0 Å². The van der Waals surface area contributed by atoms with Crippen LogP contribution in [0.5, 0.6) is 0 Å². The number of ether oxygens (including phenoxy) is 1. The predicted molar refractivity (Wildman–Crippen MR) is 134 cm³/mol. The van der Waals surface area contributed by atoms with Crippen LogP contribution in [-0.2, 0) is 25.7 Å². The van der Waals surface area contributed by atoms with E-state index in [-0.39, 0.29) is 6.61 Å². The monoisotopic (exact) mass is 482 g/mol. The zero-order chi connectivity index (χ0) is 23.8. The van der Waals surface area contributed by atoms with E-state index in [0.29, 0.717) is 13.2 Å². The Bertz CT molecular complexity index is 794. The second-order valence-electron chi connectivity index (χ2n) is 9.18. The Balaban J connectivity index is 1.58. The van der Waals surface area contributed by atoms with Gasteiger partial charge in [-0.1, -0.05) is 95.8 Å². The summed E-state index contributed by atoms with van der Waals surface area (Å²) < 4.78 is 44.3. The molecule has 2 rings (SSSR count). The smallest absolute Gasteiger partial charge is 0.378 e. The molecule has 0 saturated heterocycles. The van der Waals surface area contributed by atoms with Crippen molar-refractivity contribution in [3.05, 3.63) is 35.4 Å². The molecule has 7 heteroatoms. The summed E-state index contributed by atoms with van der Waals surface area (Å²) in [5.74, 6) is 0. The van der Waals surface area contributed by atoms with Crippen LogP contribution in [0, 0.1) is 0 Å². The van der Waals surface area contributed by atoms with Crippen molar-refractivity contribution >= 4 is 16.6 Å². The molecule has 33 heavy (non-hydrogen) atoms. The summed E-state index contributed by atoms with van der Waals surface area (Å²) in [6, 6.07) is 8.16. The maximum absolute atomic E-state index is 11.3. The Morgan fingerprint density at radius 3 is 2.18 bits per heavy atom. The van der Waals surface area contributed by atoms with Gasteiger partial charge in [-0.25, -0.2) is 8.76 Å². The molecule has 0 aliphatic carbocycles. The molecule has 1 aliphatic heterocycles. The number of hydrogen-bond acceptors (Lipinski definition) is 4. The van der Waals surface area contributed by atoms with E-state index >= 15 is 0 Å². The lowest BCUT2D eigenvalue weighted by Gasteiger charge is -2.17.